The van der Waals surface area contributed by atoms with Gasteiger partial charge in [-0.3, -0.25) is 9.69 Å². The van der Waals surface area contributed by atoms with E-state index >= 15 is 0 Å². The summed E-state index contributed by atoms with van der Waals surface area (Å²) in [6.07, 6.45) is 0. The molecule has 31 heavy (non-hydrogen) atoms. The Balaban J connectivity index is 1.76. The Labute approximate surface area is 185 Å². The number of benzene rings is 2. The minimum Gasteiger partial charge on any atom is -0.493 e. The second-order valence-corrected chi connectivity index (χ2v) is 8.12. The van der Waals surface area contributed by atoms with Gasteiger partial charge in [0.2, 0.25) is 0 Å². The summed E-state index contributed by atoms with van der Waals surface area (Å²) in [5.41, 5.74) is 2.93. The van der Waals surface area contributed by atoms with Crippen LogP contribution in [0.5, 0.6) is 11.5 Å². The first-order valence-electron chi connectivity index (χ1n) is 10.6. The van der Waals surface area contributed by atoms with Gasteiger partial charge in [-0.15, -0.1) is 0 Å². The maximum atomic E-state index is 12.9. The van der Waals surface area contributed by atoms with Crippen molar-refractivity contribution in [2.24, 2.45) is 0 Å². The Kier molecular flexibility index (Phi) is 7.76. The van der Waals surface area contributed by atoms with E-state index in [2.05, 4.69) is 51.3 Å². The lowest BCUT2D eigenvalue weighted by molar-refractivity contribution is 0.0886. The van der Waals surface area contributed by atoms with Gasteiger partial charge in [-0.25, -0.2) is 0 Å². The van der Waals surface area contributed by atoms with E-state index in [9.17, 15) is 4.79 Å². The topological polar surface area (TPSA) is 57.3 Å². The van der Waals surface area contributed by atoms with E-state index in [-0.39, 0.29) is 11.9 Å². The smallest absolute Gasteiger partial charge is 0.251 e. The summed E-state index contributed by atoms with van der Waals surface area (Å²) >= 11 is 0. The quantitative estimate of drug-likeness (QED) is 0.700. The van der Waals surface area contributed by atoms with Crippen LogP contribution in [0.2, 0.25) is 0 Å². The molecule has 2 aromatic carbocycles. The van der Waals surface area contributed by atoms with Crippen molar-refractivity contribution < 1.29 is 14.3 Å². The summed E-state index contributed by atoms with van der Waals surface area (Å²) in [5.74, 6) is 1.03. The SMILES string of the molecule is COc1ccc(C(=O)NCC(c2ccc(N(C)C)cc2)N2CCN(C)CC2)cc1OC. The number of piperazine rings is 1. The lowest BCUT2D eigenvalue weighted by Gasteiger charge is -2.38. The molecule has 0 aromatic heterocycles. The predicted molar refractivity (Wildman–Crippen MR) is 124 cm³/mol. The van der Waals surface area contributed by atoms with E-state index in [1.807, 2.05) is 14.1 Å². The summed E-state index contributed by atoms with van der Waals surface area (Å²) in [4.78, 5) is 19.8. The van der Waals surface area contributed by atoms with Gasteiger partial charge < -0.3 is 24.6 Å². The molecule has 0 aliphatic carbocycles. The number of likely N-dealkylation sites (N-methyl/N-ethyl adjacent to an activating group) is 1. The number of rotatable bonds is 8. The van der Waals surface area contributed by atoms with Gasteiger partial charge >= 0.3 is 0 Å². The number of nitrogens with one attached hydrogen (secondary N) is 1. The fraction of sp³-hybridized carbons (Fsp3) is 0.458. The van der Waals surface area contributed by atoms with E-state index < -0.39 is 0 Å². The van der Waals surface area contributed by atoms with Gasteiger partial charge in [0.05, 0.1) is 20.3 Å². The molecule has 1 unspecified atom stereocenters. The Morgan fingerprint density at radius 1 is 1.00 bits per heavy atom. The fourth-order valence-corrected chi connectivity index (χ4v) is 3.85. The molecule has 0 spiro atoms. The zero-order chi connectivity index (χ0) is 22.4. The van der Waals surface area contributed by atoms with Crippen LogP contribution in [0.3, 0.4) is 0 Å². The first kappa shape index (κ1) is 22.9. The zero-order valence-electron chi connectivity index (χ0n) is 19.2. The average molecular weight is 427 g/mol. The molecule has 1 aliphatic heterocycles. The number of carbonyl (C=O) groups excluding carboxylic acids is 1. The Morgan fingerprint density at radius 2 is 1.65 bits per heavy atom. The first-order valence-corrected chi connectivity index (χ1v) is 10.6. The van der Waals surface area contributed by atoms with E-state index in [1.54, 1.807) is 32.4 Å². The van der Waals surface area contributed by atoms with Gasteiger partial charge in [0.15, 0.2) is 11.5 Å². The highest BCUT2D eigenvalue weighted by Crippen LogP contribution is 2.28. The molecule has 1 heterocycles. The highest BCUT2D eigenvalue weighted by molar-refractivity contribution is 5.94. The minimum absolute atomic E-state index is 0.119. The number of methoxy groups -OCH3 is 2. The van der Waals surface area contributed by atoms with Gasteiger partial charge in [0, 0.05) is 58.1 Å². The second kappa shape index (κ2) is 10.5. The minimum atomic E-state index is -0.120. The molecule has 168 valence electrons. The van der Waals surface area contributed by atoms with Crippen molar-refractivity contribution in [1.82, 2.24) is 15.1 Å². The van der Waals surface area contributed by atoms with Crippen LogP contribution in [-0.4, -0.2) is 83.8 Å². The monoisotopic (exact) mass is 426 g/mol. The van der Waals surface area contributed by atoms with Crippen LogP contribution in [-0.2, 0) is 0 Å². The van der Waals surface area contributed by atoms with Crippen LogP contribution in [0.1, 0.15) is 22.0 Å². The van der Waals surface area contributed by atoms with Crippen molar-refractivity contribution >= 4 is 11.6 Å². The molecule has 1 saturated heterocycles. The number of anilines is 1. The Morgan fingerprint density at radius 3 is 2.23 bits per heavy atom. The third-order valence-corrected chi connectivity index (χ3v) is 5.87. The van der Waals surface area contributed by atoms with Crippen LogP contribution < -0.4 is 19.7 Å². The number of carbonyl (C=O) groups is 1. The van der Waals surface area contributed by atoms with Crippen LogP contribution in [0.4, 0.5) is 5.69 Å². The van der Waals surface area contributed by atoms with Crippen molar-refractivity contribution in [3.63, 3.8) is 0 Å². The maximum Gasteiger partial charge on any atom is 0.251 e. The predicted octanol–water partition coefficient (Wildman–Crippen LogP) is 2.49. The van der Waals surface area contributed by atoms with Gasteiger partial charge in [-0.2, -0.15) is 0 Å². The third-order valence-electron chi connectivity index (χ3n) is 5.87. The summed E-state index contributed by atoms with van der Waals surface area (Å²) in [5, 5.41) is 3.13. The normalized spacial score (nSPS) is 15.9. The zero-order valence-corrected chi connectivity index (χ0v) is 19.2. The molecule has 1 atom stereocenters. The molecule has 3 rings (SSSR count). The van der Waals surface area contributed by atoms with E-state index in [0.717, 1.165) is 31.9 Å². The summed E-state index contributed by atoms with van der Waals surface area (Å²) < 4.78 is 10.6. The van der Waals surface area contributed by atoms with Crippen molar-refractivity contribution in [3.05, 3.63) is 53.6 Å². The third kappa shape index (κ3) is 5.68. The van der Waals surface area contributed by atoms with Gasteiger partial charge in [-0.05, 0) is 42.9 Å². The molecule has 7 heteroatoms. The molecule has 0 saturated carbocycles. The van der Waals surface area contributed by atoms with E-state index in [0.29, 0.717) is 23.6 Å². The van der Waals surface area contributed by atoms with Crippen LogP contribution >= 0.6 is 0 Å². The molecular formula is C24H34N4O3. The van der Waals surface area contributed by atoms with Gasteiger partial charge in [-0.1, -0.05) is 12.1 Å². The van der Waals surface area contributed by atoms with Crippen LogP contribution in [0, 0.1) is 0 Å². The number of hydrogen-bond donors (Lipinski definition) is 1. The lowest BCUT2D eigenvalue weighted by atomic mass is 10.0. The van der Waals surface area contributed by atoms with Crippen molar-refractivity contribution in [3.8, 4) is 11.5 Å². The first-order chi connectivity index (χ1) is 14.9. The molecule has 0 radical (unpaired) electrons. The van der Waals surface area contributed by atoms with Gasteiger partial charge in [0.25, 0.3) is 5.91 Å². The van der Waals surface area contributed by atoms with E-state index in [4.69, 9.17) is 9.47 Å². The molecular weight excluding hydrogens is 392 g/mol. The highest BCUT2D eigenvalue weighted by Gasteiger charge is 2.25. The summed E-state index contributed by atoms with van der Waals surface area (Å²) in [6.45, 7) is 4.54. The van der Waals surface area contributed by atoms with Crippen LogP contribution in [0.25, 0.3) is 0 Å². The molecule has 2 aromatic rings. The maximum absolute atomic E-state index is 12.9. The molecule has 1 fully saturated rings. The van der Waals surface area contributed by atoms with Crippen molar-refractivity contribution in [2.45, 2.75) is 6.04 Å². The van der Waals surface area contributed by atoms with E-state index in [1.165, 1.54) is 5.56 Å². The van der Waals surface area contributed by atoms with Crippen molar-refractivity contribution in [1.29, 1.82) is 0 Å². The van der Waals surface area contributed by atoms with Crippen molar-refractivity contribution in [2.75, 3.05) is 73.0 Å². The number of nitrogens with zero attached hydrogens (tertiary/aromatic N) is 3. The number of amides is 1. The summed E-state index contributed by atoms with van der Waals surface area (Å²) in [7, 11) is 9.38. The molecule has 7 nitrogen and oxygen atoms in total. The summed E-state index contributed by atoms with van der Waals surface area (Å²) in [6, 6.07) is 13.9. The van der Waals surface area contributed by atoms with Crippen LogP contribution in [0.15, 0.2) is 42.5 Å². The molecule has 1 amide bonds. The Hall–Kier alpha value is -2.77. The standard InChI is InChI=1S/C24H34N4O3/c1-26(2)20-9-6-18(7-10-20)21(28-14-12-27(3)13-15-28)17-25-24(29)19-8-11-22(30-4)23(16-19)31-5/h6-11,16,21H,12-15,17H2,1-5H3,(H,25,29). The lowest BCUT2D eigenvalue weighted by Crippen LogP contribution is -2.48. The Bertz CT molecular complexity index is 862. The largest absolute Gasteiger partial charge is 0.493 e. The molecule has 1 aliphatic rings. The fourth-order valence-electron chi connectivity index (χ4n) is 3.85. The number of ether oxygens (including phenoxy) is 2. The molecule has 0 bridgehead atoms. The average Bonchev–Trinajstić information content (AvgIpc) is 2.80. The highest BCUT2D eigenvalue weighted by atomic mass is 16.5. The van der Waals surface area contributed by atoms with Gasteiger partial charge in [0.1, 0.15) is 0 Å². The number of hydrogen-bond acceptors (Lipinski definition) is 6. The second-order valence-electron chi connectivity index (χ2n) is 8.12. The molecule has 1 N–H and O–H groups in total.